The molecular formula is C28H24N4O5. The number of methoxy groups -OCH3 is 1. The minimum Gasteiger partial charge on any atom is -0.497 e. The number of hydrogen-bond donors (Lipinski definition) is 1. The number of amides is 2. The van der Waals surface area contributed by atoms with Gasteiger partial charge in [0.2, 0.25) is 12.6 Å². The second-order valence-electron chi connectivity index (χ2n) is 8.82. The lowest BCUT2D eigenvalue weighted by atomic mass is 9.94. The van der Waals surface area contributed by atoms with Crippen molar-refractivity contribution >= 4 is 17.3 Å². The van der Waals surface area contributed by atoms with Gasteiger partial charge in [-0.3, -0.25) is 4.90 Å². The van der Waals surface area contributed by atoms with Gasteiger partial charge in [0.05, 0.1) is 24.4 Å². The molecule has 2 aliphatic heterocycles. The van der Waals surface area contributed by atoms with Gasteiger partial charge in [-0.2, -0.15) is 4.98 Å². The lowest BCUT2D eigenvalue weighted by molar-refractivity contribution is 0.174. The van der Waals surface area contributed by atoms with Gasteiger partial charge in [-0.25, -0.2) is 4.79 Å². The molecular weight excluding hydrogens is 472 g/mol. The third kappa shape index (κ3) is 4.04. The largest absolute Gasteiger partial charge is 0.497 e. The van der Waals surface area contributed by atoms with Crippen molar-refractivity contribution in [3.05, 3.63) is 89.4 Å². The highest BCUT2D eigenvalue weighted by Crippen LogP contribution is 2.40. The first-order chi connectivity index (χ1) is 18.0. The van der Waals surface area contributed by atoms with Crippen LogP contribution in [-0.4, -0.2) is 30.1 Å². The number of carbonyl (C=O) groups excluding carboxylic acids is 1. The Labute approximate surface area is 213 Å². The molecule has 1 unspecified atom stereocenters. The first kappa shape index (κ1) is 22.7. The van der Waals surface area contributed by atoms with Crippen LogP contribution in [0.3, 0.4) is 0 Å². The summed E-state index contributed by atoms with van der Waals surface area (Å²) in [4.78, 5) is 19.7. The number of benzene rings is 3. The first-order valence-electron chi connectivity index (χ1n) is 11.8. The van der Waals surface area contributed by atoms with Crippen molar-refractivity contribution in [3.63, 3.8) is 0 Å². The SMILES string of the molecule is COc1ccc(C2NC(=O)N(c3ccc(C)cc3)C(C)=C2c2nc(-c3ccc4c(c3)OCO4)no2)cc1. The number of carbonyl (C=O) groups is 1. The molecule has 2 aliphatic rings. The van der Waals surface area contributed by atoms with Gasteiger partial charge in [-0.15, -0.1) is 0 Å². The van der Waals surface area contributed by atoms with E-state index in [0.717, 1.165) is 28.1 Å². The van der Waals surface area contributed by atoms with Crippen LogP contribution < -0.4 is 24.4 Å². The summed E-state index contributed by atoms with van der Waals surface area (Å²) in [6.07, 6.45) is 0. The van der Waals surface area contributed by atoms with Crippen molar-refractivity contribution in [2.45, 2.75) is 19.9 Å². The second kappa shape index (κ2) is 9.02. The predicted molar refractivity (Wildman–Crippen MR) is 136 cm³/mol. The van der Waals surface area contributed by atoms with E-state index in [9.17, 15) is 4.79 Å². The van der Waals surface area contributed by atoms with Gasteiger partial charge >= 0.3 is 6.03 Å². The summed E-state index contributed by atoms with van der Waals surface area (Å²) in [6.45, 7) is 4.07. The first-order valence-corrected chi connectivity index (χ1v) is 11.8. The summed E-state index contributed by atoms with van der Waals surface area (Å²) in [6, 6.07) is 20.0. The van der Waals surface area contributed by atoms with Crippen LogP contribution in [0.5, 0.6) is 17.2 Å². The maximum atomic E-state index is 13.4. The molecule has 0 aliphatic carbocycles. The molecule has 3 heterocycles. The highest BCUT2D eigenvalue weighted by atomic mass is 16.7. The van der Waals surface area contributed by atoms with Crippen LogP contribution in [0, 0.1) is 6.92 Å². The maximum Gasteiger partial charge on any atom is 0.326 e. The fourth-order valence-electron chi connectivity index (χ4n) is 4.56. The Morgan fingerprint density at radius 3 is 2.49 bits per heavy atom. The van der Waals surface area contributed by atoms with Crippen molar-refractivity contribution in [1.82, 2.24) is 15.5 Å². The molecule has 0 fully saturated rings. The molecule has 0 spiro atoms. The van der Waals surface area contributed by atoms with Crippen molar-refractivity contribution in [3.8, 4) is 28.6 Å². The average Bonchev–Trinajstić information content (AvgIpc) is 3.59. The number of nitrogens with zero attached hydrogens (tertiary/aromatic N) is 3. The maximum absolute atomic E-state index is 13.4. The Balaban J connectivity index is 1.46. The van der Waals surface area contributed by atoms with E-state index in [1.54, 1.807) is 12.0 Å². The fourth-order valence-corrected chi connectivity index (χ4v) is 4.56. The number of urea groups is 1. The topological polar surface area (TPSA) is 99.0 Å². The van der Waals surface area contributed by atoms with Gasteiger partial charge in [0.15, 0.2) is 11.5 Å². The lowest BCUT2D eigenvalue weighted by Crippen LogP contribution is -2.46. The number of rotatable bonds is 5. The number of ether oxygens (including phenoxy) is 3. The van der Waals surface area contributed by atoms with Crippen LogP contribution in [0.15, 0.2) is 77.0 Å². The van der Waals surface area contributed by atoms with Crippen LogP contribution in [-0.2, 0) is 0 Å². The van der Waals surface area contributed by atoms with Crippen molar-refractivity contribution < 1.29 is 23.5 Å². The monoisotopic (exact) mass is 496 g/mol. The van der Waals surface area contributed by atoms with E-state index >= 15 is 0 Å². The third-order valence-electron chi connectivity index (χ3n) is 6.51. The Morgan fingerprint density at radius 2 is 1.73 bits per heavy atom. The number of aromatic nitrogens is 2. The summed E-state index contributed by atoms with van der Waals surface area (Å²) in [7, 11) is 1.61. The van der Waals surface area contributed by atoms with E-state index in [0.29, 0.717) is 34.5 Å². The molecule has 37 heavy (non-hydrogen) atoms. The number of fused-ring (bicyclic) bond motifs is 1. The standard InChI is InChI=1S/C28H24N4O5/c1-16-4-9-20(10-5-16)32-17(2)24(25(29-28(32)33)18-6-11-21(34-3)12-7-18)27-30-26(31-37-27)19-8-13-22-23(14-19)36-15-35-22/h4-14,25H,15H2,1-3H3,(H,29,33). The highest BCUT2D eigenvalue weighted by Gasteiger charge is 2.36. The molecule has 4 aromatic rings. The summed E-state index contributed by atoms with van der Waals surface area (Å²) in [5, 5.41) is 7.36. The van der Waals surface area contributed by atoms with Gasteiger partial charge < -0.3 is 24.1 Å². The number of anilines is 1. The lowest BCUT2D eigenvalue weighted by Gasteiger charge is -2.35. The van der Waals surface area contributed by atoms with E-state index < -0.39 is 6.04 Å². The molecule has 1 aromatic heterocycles. The normalized spacial score (nSPS) is 16.7. The van der Waals surface area contributed by atoms with E-state index in [4.69, 9.17) is 23.7 Å². The molecule has 0 saturated carbocycles. The van der Waals surface area contributed by atoms with E-state index in [1.807, 2.05) is 80.6 Å². The summed E-state index contributed by atoms with van der Waals surface area (Å²) >= 11 is 0. The van der Waals surface area contributed by atoms with Gasteiger partial charge in [0, 0.05) is 11.3 Å². The molecule has 3 aromatic carbocycles. The molecule has 9 nitrogen and oxygen atoms in total. The molecule has 0 bridgehead atoms. The summed E-state index contributed by atoms with van der Waals surface area (Å²) in [5.41, 5.74) is 4.81. The zero-order valence-corrected chi connectivity index (χ0v) is 20.5. The molecule has 1 atom stereocenters. The number of hydrogen-bond acceptors (Lipinski definition) is 7. The van der Waals surface area contributed by atoms with Crippen LogP contribution >= 0.6 is 0 Å². The van der Waals surface area contributed by atoms with E-state index in [2.05, 4.69) is 10.5 Å². The quantitative estimate of drug-likeness (QED) is 0.390. The molecule has 6 rings (SSSR count). The number of aryl methyl sites for hydroxylation is 1. The Hall–Kier alpha value is -4.79. The average molecular weight is 497 g/mol. The molecule has 2 amide bonds. The van der Waals surface area contributed by atoms with Gasteiger partial charge in [0.1, 0.15) is 5.75 Å². The van der Waals surface area contributed by atoms with Crippen molar-refractivity contribution in [2.75, 3.05) is 18.8 Å². The molecule has 1 N–H and O–H groups in total. The number of nitrogens with one attached hydrogen (secondary N) is 1. The molecule has 0 radical (unpaired) electrons. The van der Waals surface area contributed by atoms with Crippen LogP contribution in [0.2, 0.25) is 0 Å². The minimum absolute atomic E-state index is 0.181. The summed E-state index contributed by atoms with van der Waals surface area (Å²) in [5.74, 6) is 2.74. The van der Waals surface area contributed by atoms with Gasteiger partial charge in [-0.05, 0) is 61.9 Å². The molecule has 186 valence electrons. The zero-order chi connectivity index (χ0) is 25.5. The van der Waals surface area contributed by atoms with E-state index in [-0.39, 0.29) is 12.8 Å². The minimum atomic E-state index is -0.509. The number of allylic oxidation sites excluding steroid dienone is 1. The highest BCUT2D eigenvalue weighted by molar-refractivity contribution is 6.01. The van der Waals surface area contributed by atoms with Crippen LogP contribution in [0.25, 0.3) is 17.0 Å². The van der Waals surface area contributed by atoms with Gasteiger partial charge in [0.25, 0.3) is 5.89 Å². The fraction of sp³-hybridized carbons (Fsp3) is 0.179. The van der Waals surface area contributed by atoms with Crippen LogP contribution in [0.1, 0.15) is 30.0 Å². The predicted octanol–water partition coefficient (Wildman–Crippen LogP) is 5.48. The Morgan fingerprint density at radius 1 is 0.973 bits per heavy atom. The van der Waals surface area contributed by atoms with Crippen molar-refractivity contribution in [2.24, 2.45) is 0 Å². The Kier molecular flexibility index (Phi) is 5.52. The molecule has 0 saturated heterocycles. The van der Waals surface area contributed by atoms with Crippen molar-refractivity contribution in [1.29, 1.82) is 0 Å². The Bertz CT molecular complexity index is 1510. The van der Waals surface area contributed by atoms with Crippen LogP contribution in [0.4, 0.5) is 10.5 Å². The van der Waals surface area contributed by atoms with E-state index in [1.165, 1.54) is 0 Å². The second-order valence-corrected chi connectivity index (χ2v) is 8.82. The third-order valence-corrected chi connectivity index (χ3v) is 6.51. The molecule has 9 heteroatoms. The zero-order valence-electron chi connectivity index (χ0n) is 20.5. The smallest absolute Gasteiger partial charge is 0.326 e. The van der Waals surface area contributed by atoms with Gasteiger partial charge in [-0.1, -0.05) is 35.0 Å². The summed E-state index contributed by atoms with van der Waals surface area (Å²) < 4.78 is 22.0.